The van der Waals surface area contributed by atoms with E-state index in [1.165, 1.54) is 0 Å². The molecule has 1 N–H and O–H groups in total. The van der Waals surface area contributed by atoms with Gasteiger partial charge in [-0.15, -0.1) is 0 Å². The van der Waals surface area contributed by atoms with Crippen LogP contribution in [0.5, 0.6) is 0 Å². The predicted molar refractivity (Wildman–Crippen MR) is 56.3 cm³/mol. The van der Waals surface area contributed by atoms with E-state index in [1.807, 2.05) is 25.3 Å². The zero-order chi connectivity index (χ0) is 10.9. The van der Waals surface area contributed by atoms with E-state index in [-0.39, 0.29) is 12.0 Å². The molecule has 0 saturated heterocycles. The van der Waals surface area contributed by atoms with Crippen molar-refractivity contribution in [2.24, 2.45) is 0 Å². The lowest BCUT2D eigenvalue weighted by Crippen LogP contribution is -2.25. The lowest BCUT2D eigenvalue weighted by atomic mass is 10.1. The number of carboxylic acids is 1. The Kier molecular flexibility index (Phi) is 2.99. The molecular formula is C9H13BrN2O2. The standard InChI is InChI=1S/C9H13BrN2O2/c1-9(2,3)12-6(10)5-11-7(12)4-8(13)14/h5H,4H2,1-3H3,(H,13,14). The summed E-state index contributed by atoms with van der Waals surface area (Å²) in [5, 5.41) is 8.70. The molecule has 0 radical (unpaired) electrons. The highest BCUT2D eigenvalue weighted by Gasteiger charge is 2.21. The van der Waals surface area contributed by atoms with E-state index in [1.54, 1.807) is 6.20 Å². The van der Waals surface area contributed by atoms with Gasteiger partial charge in [-0.1, -0.05) is 0 Å². The first-order valence-corrected chi connectivity index (χ1v) is 5.06. The van der Waals surface area contributed by atoms with Crippen molar-refractivity contribution >= 4 is 21.9 Å². The molecule has 1 heterocycles. The third kappa shape index (κ3) is 2.35. The van der Waals surface area contributed by atoms with Gasteiger partial charge in [-0.2, -0.15) is 0 Å². The van der Waals surface area contributed by atoms with Gasteiger partial charge in [0, 0.05) is 5.54 Å². The molecule has 0 aliphatic heterocycles. The number of carbonyl (C=O) groups is 1. The summed E-state index contributed by atoms with van der Waals surface area (Å²) in [6.45, 7) is 6.01. The van der Waals surface area contributed by atoms with Crippen molar-refractivity contribution in [3.8, 4) is 0 Å². The fraction of sp³-hybridized carbons (Fsp3) is 0.556. The molecule has 0 aliphatic carbocycles. The molecule has 1 aromatic rings. The van der Waals surface area contributed by atoms with Gasteiger partial charge < -0.3 is 9.67 Å². The summed E-state index contributed by atoms with van der Waals surface area (Å²) in [6.07, 6.45) is 1.58. The molecule has 1 aromatic heterocycles. The Hall–Kier alpha value is -0.840. The quantitative estimate of drug-likeness (QED) is 0.886. The number of carboxylic acid groups (broad SMARTS) is 1. The van der Waals surface area contributed by atoms with Crippen LogP contribution in [0.2, 0.25) is 0 Å². The van der Waals surface area contributed by atoms with Crippen LogP contribution in [0.1, 0.15) is 26.6 Å². The normalized spacial score (nSPS) is 11.7. The molecule has 0 fully saturated rings. The maximum absolute atomic E-state index is 10.6. The number of imidazole rings is 1. The second-order valence-corrected chi connectivity index (χ2v) is 4.89. The largest absolute Gasteiger partial charge is 0.481 e. The van der Waals surface area contributed by atoms with E-state index in [0.29, 0.717) is 5.82 Å². The monoisotopic (exact) mass is 260 g/mol. The highest BCUT2D eigenvalue weighted by Crippen LogP contribution is 2.23. The molecule has 0 aromatic carbocycles. The van der Waals surface area contributed by atoms with E-state index in [0.717, 1.165) is 4.60 Å². The molecule has 78 valence electrons. The average molecular weight is 261 g/mol. The van der Waals surface area contributed by atoms with Crippen LogP contribution < -0.4 is 0 Å². The van der Waals surface area contributed by atoms with Crippen LogP contribution in [0.3, 0.4) is 0 Å². The molecule has 0 spiro atoms. The zero-order valence-corrected chi connectivity index (χ0v) is 10.00. The van der Waals surface area contributed by atoms with Crippen molar-refractivity contribution in [3.63, 3.8) is 0 Å². The molecule has 0 atom stereocenters. The van der Waals surface area contributed by atoms with E-state index < -0.39 is 5.97 Å². The Bertz CT molecular complexity index is 352. The fourth-order valence-corrected chi connectivity index (χ4v) is 2.17. The van der Waals surface area contributed by atoms with E-state index in [2.05, 4.69) is 20.9 Å². The van der Waals surface area contributed by atoms with E-state index in [9.17, 15) is 4.79 Å². The van der Waals surface area contributed by atoms with E-state index in [4.69, 9.17) is 5.11 Å². The van der Waals surface area contributed by atoms with Gasteiger partial charge in [0.05, 0.1) is 6.20 Å². The number of halogens is 1. The summed E-state index contributed by atoms with van der Waals surface area (Å²) in [5.41, 5.74) is -0.167. The molecule has 5 heteroatoms. The third-order valence-electron chi connectivity index (χ3n) is 1.77. The second-order valence-electron chi connectivity index (χ2n) is 4.07. The summed E-state index contributed by atoms with van der Waals surface area (Å²) < 4.78 is 2.68. The van der Waals surface area contributed by atoms with Gasteiger partial charge in [0.15, 0.2) is 0 Å². The van der Waals surface area contributed by atoms with Gasteiger partial charge in [-0.3, -0.25) is 4.79 Å². The average Bonchev–Trinajstić information content (AvgIpc) is 2.28. The Morgan fingerprint density at radius 3 is 2.64 bits per heavy atom. The summed E-state index contributed by atoms with van der Waals surface area (Å²) >= 11 is 3.35. The van der Waals surface area contributed by atoms with Gasteiger partial charge in [-0.25, -0.2) is 4.98 Å². The van der Waals surface area contributed by atoms with Crippen molar-refractivity contribution < 1.29 is 9.90 Å². The first-order chi connectivity index (χ1) is 6.32. The number of nitrogens with zero attached hydrogens (tertiary/aromatic N) is 2. The van der Waals surface area contributed by atoms with Crippen LogP contribution in [0, 0.1) is 0 Å². The number of aliphatic carboxylic acids is 1. The third-order valence-corrected chi connectivity index (χ3v) is 2.33. The minimum Gasteiger partial charge on any atom is -0.481 e. The summed E-state index contributed by atoms with van der Waals surface area (Å²) in [7, 11) is 0. The first-order valence-electron chi connectivity index (χ1n) is 4.27. The fourth-order valence-electron chi connectivity index (χ4n) is 1.33. The van der Waals surface area contributed by atoms with Crippen molar-refractivity contribution in [2.75, 3.05) is 0 Å². The molecule has 4 nitrogen and oxygen atoms in total. The lowest BCUT2D eigenvalue weighted by Gasteiger charge is -2.24. The molecule has 0 bridgehead atoms. The van der Waals surface area contributed by atoms with Gasteiger partial charge in [-0.05, 0) is 36.7 Å². The van der Waals surface area contributed by atoms with Crippen molar-refractivity contribution in [3.05, 3.63) is 16.6 Å². The van der Waals surface area contributed by atoms with Crippen LogP contribution in [-0.2, 0) is 16.8 Å². The molecular weight excluding hydrogens is 248 g/mol. The minimum absolute atomic E-state index is 0.0527. The Morgan fingerprint density at radius 2 is 2.21 bits per heavy atom. The molecule has 0 aliphatic rings. The van der Waals surface area contributed by atoms with Crippen molar-refractivity contribution in [1.82, 2.24) is 9.55 Å². The van der Waals surface area contributed by atoms with Crippen LogP contribution in [0.25, 0.3) is 0 Å². The zero-order valence-electron chi connectivity index (χ0n) is 8.41. The lowest BCUT2D eigenvalue weighted by molar-refractivity contribution is -0.136. The highest BCUT2D eigenvalue weighted by atomic mass is 79.9. The van der Waals surface area contributed by atoms with Crippen LogP contribution in [-0.4, -0.2) is 20.6 Å². The van der Waals surface area contributed by atoms with Crippen LogP contribution in [0.4, 0.5) is 0 Å². The Balaban J connectivity index is 3.13. The molecule has 1 rings (SSSR count). The van der Waals surface area contributed by atoms with Gasteiger partial charge in [0.25, 0.3) is 0 Å². The Labute approximate surface area is 91.1 Å². The molecule has 0 amide bonds. The van der Waals surface area contributed by atoms with Crippen molar-refractivity contribution in [2.45, 2.75) is 32.7 Å². The molecule has 14 heavy (non-hydrogen) atoms. The van der Waals surface area contributed by atoms with Crippen LogP contribution in [0.15, 0.2) is 10.8 Å². The van der Waals surface area contributed by atoms with E-state index >= 15 is 0 Å². The number of rotatable bonds is 2. The molecule has 0 saturated carbocycles. The van der Waals surface area contributed by atoms with Gasteiger partial charge in [0.2, 0.25) is 0 Å². The number of hydrogen-bond acceptors (Lipinski definition) is 2. The maximum Gasteiger partial charge on any atom is 0.311 e. The van der Waals surface area contributed by atoms with Crippen molar-refractivity contribution in [1.29, 1.82) is 0 Å². The van der Waals surface area contributed by atoms with Crippen LogP contribution >= 0.6 is 15.9 Å². The minimum atomic E-state index is -0.867. The topological polar surface area (TPSA) is 55.1 Å². The Morgan fingerprint density at radius 1 is 1.64 bits per heavy atom. The van der Waals surface area contributed by atoms with Gasteiger partial charge >= 0.3 is 5.97 Å². The SMILES string of the molecule is CC(C)(C)n1c(Br)cnc1CC(=O)O. The number of aromatic nitrogens is 2. The second kappa shape index (κ2) is 3.73. The maximum atomic E-state index is 10.6. The highest BCUT2D eigenvalue weighted by molar-refractivity contribution is 9.10. The van der Waals surface area contributed by atoms with Gasteiger partial charge in [0.1, 0.15) is 16.8 Å². The molecule has 0 unspecified atom stereocenters. The summed E-state index contributed by atoms with van der Waals surface area (Å²) in [4.78, 5) is 14.6. The first kappa shape index (κ1) is 11.2. The summed E-state index contributed by atoms with van der Waals surface area (Å²) in [5.74, 6) is -0.300. The predicted octanol–water partition coefficient (Wildman–Crippen LogP) is 2.03. The summed E-state index contributed by atoms with van der Waals surface area (Å²) in [6, 6.07) is 0. The smallest absolute Gasteiger partial charge is 0.311 e. The number of hydrogen-bond donors (Lipinski definition) is 1.